The summed E-state index contributed by atoms with van der Waals surface area (Å²) in [6.45, 7) is 7.84. The third-order valence-electron chi connectivity index (χ3n) is 12.5. The van der Waals surface area contributed by atoms with Gasteiger partial charge in [0.2, 0.25) is 0 Å². The number of nitrogens with two attached hydrogens (primary N) is 1. The summed E-state index contributed by atoms with van der Waals surface area (Å²) < 4.78 is 119. The minimum atomic E-state index is -3.68. The van der Waals surface area contributed by atoms with Crippen molar-refractivity contribution in [3.8, 4) is 0 Å². The third-order valence-corrected chi connectivity index (χ3v) is 14.9. The van der Waals surface area contributed by atoms with E-state index in [1.807, 2.05) is 60.7 Å². The molecule has 11 rings (SSSR count). The van der Waals surface area contributed by atoms with E-state index in [0.29, 0.717) is 16.7 Å². The van der Waals surface area contributed by atoms with Crippen LogP contribution in [-0.2, 0) is 68.9 Å². The molecule has 3 N–H and O–H groups in total. The maximum absolute atomic E-state index is 16.5. The van der Waals surface area contributed by atoms with Gasteiger partial charge in [0.1, 0.15) is 43.6 Å². The fourth-order valence-electron chi connectivity index (χ4n) is 8.97. The van der Waals surface area contributed by atoms with E-state index in [9.17, 15) is 13.9 Å². The number of imidazole rings is 2. The third kappa shape index (κ3) is 12.0. The number of carbonyl (C=O) groups is 1. The number of nitrogens with zero attached hydrogens (tertiary/aromatic N) is 8. The first-order valence-electron chi connectivity index (χ1n) is 23.8. The summed E-state index contributed by atoms with van der Waals surface area (Å²) in [6.07, 6.45) is -0.940. The summed E-state index contributed by atoms with van der Waals surface area (Å²) in [6, 6.07) is 26.9. The Labute approximate surface area is 441 Å². The van der Waals surface area contributed by atoms with Crippen LogP contribution >= 0.6 is 15.2 Å². The van der Waals surface area contributed by atoms with Crippen molar-refractivity contribution >= 4 is 55.1 Å². The first-order chi connectivity index (χ1) is 36.1. The highest BCUT2D eigenvalue weighted by molar-refractivity contribution is 7.53. The number of amides is 1. The van der Waals surface area contributed by atoms with Crippen molar-refractivity contribution in [1.29, 1.82) is 0 Å². The summed E-state index contributed by atoms with van der Waals surface area (Å²) in [5.74, 6) is -7.30. The van der Waals surface area contributed by atoms with Gasteiger partial charge in [-0.3, -0.25) is 23.1 Å². The maximum atomic E-state index is 16.5. The van der Waals surface area contributed by atoms with Crippen LogP contribution in [0.4, 0.5) is 20.4 Å². The quantitative estimate of drug-likeness (QED) is 0.0857. The highest BCUT2D eigenvalue weighted by Gasteiger charge is 2.66. The number of carbonyl (C=O) groups excluding carboxylic acids is 1. The van der Waals surface area contributed by atoms with Crippen LogP contribution in [0.25, 0.3) is 22.3 Å². The maximum Gasteiger partial charge on any atom is 0.328 e. The Balaban J connectivity index is 0.000000189. The van der Waals surface area contributed by atoms with E-state index < -0.39 is 88.6 Å². The van der Waals surface area contributed by atoms with Crippen LogP contribution in [0, 0.1) is 0 Å². The Morgan fingerprint density at radius 1 is 0.610 bits per heavy atom. The van der Waals surface area contributed by atoms with Crippen LogP contribution < -0.4 is 11.1 Å². The molecular weight excluding hydrogens is 1050 g/mol. The van der Waals surface area contributed by atoms with Gasteiger partial charge in [-0.2, -0.15) is 0 Å². The van der Waals surface area contributed by atoms with Crippen LogP contribution in [-0.4, -0.2) is 119 Å². The number of ether oxygens (including phenoxy) is 6. The molecule has 10 atom stereocenters. The number of alkyl halides is 2. The van der Waals surface area contributed by atoms with Crippen LogP contribution in [0.3, 0.4) is 0 Å². The van der Waals surface area contributed by atoms with Gasteiger partial charge in [0.15, 0.2) is 64.7 Å². The SMILES string of the molecule is C.CC1(C)OC2[C@H](O1)[C@H](n1cnc3c(N)ncnc31)O[C@]2(F)COP(C)(=O)OCc1ccccc1.CC1(C)OC2[C@H](O1)[C@H](n1cnc3c(NC(=O)c4ccccc4)ncnc31)O[C@]2(F)COP(C)(=O)OCc1ccccc1. The Bertz CT molecular complexity index is 3310. The van der Waals surface area contributed by atoms with Crippen molar-refractivity contribution in [2.24, 2.45) is 0 Å². The van der Waals surface area contributed by atoms with Gasteiger partial charge in [-0.15, -0.1) is 0 Å². The lowest BCUT2D eigenvalue weighted by atomic mass is 10.1. The average molecular weight is 1110 g/mol. The van der Waals surface area contributed by atoms with Gasteiger partial charge in [0, 0.05) is 18.9 Å². The van der Waals surface area contributed by atoms with Crippen molar-refractivity contribution < 1.29 is 69.2 Å². The molecule has 4 aliphatic heterocycles. The summed E-state index contributed by atoms with van der Waals surface area (Å²) >= 11 is 0. The molecule has 4 fully saturated rings. The molecule has 1 amide bonds. The Morgan fingerprint density at radius 2 is 1.04 bits per heavy atom. The van der Waals surface area contributed by atoms with Crippen molar-refractivity contribution in [2.75, 3.05) is 37.6 Å². The summed E-state index contributed by atoms with van der Waals surface area (Å²) in [5.41, 5.74) is 9.14. The number of aromatic nitrogens is 8. The molecular formula is C50H58F2N10O13P2. The topological polar surface area (TPSA) is 269 Å². The van der Waals surface area contributed by atoms with Crippen LogP contribution in [0.1, 0.15) is 69.1 Å². The summed E-state index contributed by atoms with van der Waals surface area (Å²) in [5, 5.41) is 2.74. The smallest absolute Gasteiger partial charge is 0.328 e. The number of fused-ring (bicyclic) bond motifs is 4. The standard InChI is InChI=1S/C28H29FN5O7P.C21H25FN5O6P.CH4/c1-27(2)39-21-22(40-27)28(29,15-38-42(3,36)37-14-18-10-6-4-7-11-18)41-26(21)34-17-32-20-23(30-16-31-24(20)34)33-25(35)19-12-8-5-9-13-19;1-20(2)31-15-16(32-20)21(22,10-30-34(3,28)29-9-13-7-5-4-6-8-13)33-19(15)27-12-26-14-17(23)24-11-25-18(14)27;/h4-13,16-17,21-22,26H,14-15H2,1-3H3,(H,30,31,33,35);4-8,11-12,15-16,19H,9-10H2,1-3H3,(H2,23,24,25);1H4/t21-,22?,26+,28+,42?;15-,16?,19+,21+,34?;/m00./s1. The lowest BCUT2D eigenvalue weighted by Gasteiger charge is -2.29. The van der Waals surface area contributed by atoms with Crippen LogP contribution in [0.15, 0.2) is 116 Å². The number of hydrogen-bond acceptors (Lipinski definition) is 20. The molecule has 410 valence electrons. The second-order valence-corrected chi connectivity index (χ2v) is 23.3. The van der Waals surface area contributed by atoms with E-state index in [1.54, 1.807) is 58.0 Å². The Hall–Kier alpha value is -6.05. The molecule has 27 heteroatoms. The first-order valence-corrected chi connectivity index (χ1v) is 27.8. The van der Waals surface area contributed by atoms with E-state index in [1.165, 1.54) is 47.8 Å². The van der Waals surface area contributed by atoms with Gasteiger partial charge in [-0.1, -0.05) is 86.3 Å². The van der Waals surface area contributed by atoms with Crippen molar-refractivity contribution in [2.45, 2.75) is 108 Å². The normalized spacial score (nSPS) is 27.4. The van der Waals surface area contributed by atoms with E-state index in [4.69, 9.17) is 52.2 Å². The van der Waals surface area contributed by atoms with Gasteiger partial charge in [-0.25, -0.2) is 38.7 Å². The van der Waals surface area contributed by atoms with Crippen LogP contribution in [0.2, 0.25) is 0 Å². The van der Waals surface area contributed by atoms with Crippen LogP contribution in [0.5, 0.6) is 0 Å². The zero-order valence-electron chi connectivity index (χ0n) is 41.9. The number of rotatable bonds is 16. The number of halogens is 2. The molecule has 77 heavy (non-hydrogen) atoms. The number of anilines is 2. The fourth-order valence-corrected chi connectivity index (χ4v) is 10.7. The fraction of sp³-hybridized carbons (Fsp3) is 0.420. The highest BCUT2D eigenvalue weighted by Crippen LogP contribution is 2.54. The highest BCUT2D eigenvalue weighted by atomic mass is 31.2. The Morgan fingerprint density at radius 3 is 1.52 bits per heavy atom. The predicted octanol–water partition coefficient (Wildman–Crippen LogP) is 8.67. The summed E-state index contributed by atoms with van der Waals surface area (Å²) in [7, 11) is -7.30. The lowest BCUT2D eigenvalue weighted by Crippen LogP contribution is -2.43. The number of nitrogens with one attached hydrogen (secondary N) is 1. The zero-order valence-corrected chi connectivity index (χ0v) is 43.7. The molecule has 0 saturated carbocycles. The van der Waals surface area contributed by atoms with E-state index in [-0.39, 0.29) is 49.3 Å². The number of nitrogen functional groups attached to an aromatic ring is 1. The lowest BCUT2D eigenvalue weighted by molar-refractivity contribution is -0.262. The molecule has 8 heterocycles. The van der Waals surface area contributed by atoms with Gasteiger partial charge < -0.3 is 57.6 Å². The molecule has 4 aromatic heterocycles. The minimum absolute atomic E-state index is 0. The molecule has 4 aliphatic rings. The van der Waals surface area contributed by atoms with Gasteiger partial charge in [0.25, 0.3) is 17.6 Å². The Kier molecular flexibility index (Phi) is 15.7. The molecule has 4 saturated heterocycles. The van der Waals surface area contributed by atoms with E-state index in [0.717, 1.165) is 11.1 Å². The van der Waals surface area contributed by atoms with E-state index >= 15 is 8.78 Å². The molecule has 7 aromatic rings. The largest absolute Gasteiger partial charge is 0.382 e. The predicted molar refractivity (Wildman–Crippen MR) is 273 cm³/mol. The zero-order chi connectivity index (χ0) is 53.7. The second-order valence-electron chi connectivity index (χ2n) is 19.2. The molecule has 0 bridgehead atoms. The molecule has 23 nitrogen and oxygen atoms in total. The molecule has 3 aromatic carbocycles. The number of benzene rings is 3. The van der Waals surface area contributed by atoms with Crippen molar-refractivity contribution in [3.05, 3.63) is 133 Å². The average Bonchev–Trinajstić information content (AvgIpc) is 4.37. The molecule has 0 radical (unpaired) electrons. The van der Waals surface area contributed by atoms with Crippen molar-refractivity contribution in [3.63, 3.8) is 0 Å². The van der Waals surface area contributed by atoms with Crippen molar-refractivity contribution in [1.82, 2.24) is 39.0 Å². The molecule has 4 unspecified atom stereocenters. The minimum Gasteiger partial charge on any atom is -0.382 e. The second kappa shape index (κ2) is 21.6. The molecule has 0 aliphatic carbocycles. The van der Waals surface area contributed by atoms with Gasteiger partial charge in [0.05, 0.1) is 25.9 Å². The first kappa shape index (κ1) is 55.7. The van der Waals surface area contributed by atoms with Gasteiger partial charge in [-0.05, 0) is 51.0 Å². The van der Waals surface area contributed by atoms with E-state index in [2.05, 4.69) is 35.2 Å². The molecule has 0 spiro atoms. The summed E-state index contributed by atoms with van der Waals surface area (Å²) in [4.78, 5) is 37.9. The monoisotopic (exact) mass is 1110 g/mol. The number of hydrogen-bond donors (Lipinski definition) is 2. The van der Waals surface area contributed by atoms with Gasteiger partial charge >= 0.3 is 15.2 Å².